The minimum Gasteiger partial charge on any atom is -0.478 e. The van der Waals surface area contributed by atoms with Crippen LogP contribution in [0.5, 0.6) is 5.75 Å². The van der Waals surface area contributed by atoms with E-state index in [0.717, 1.165) is 28.1 Å². The van der Waals surface area contributed by atoms with Crippen LogP contribution in [0.3, 0.4) is 0 Å². The quantitative estimate of drug-likeness (QED) is 0.701. The third kappa shape index (κ3) is 2.71. The number of halogens is 3. The Morgan fingerprint density at radius 3 is 2.54 bits per heavy atom. The number of hydrogen-bond donors (Lipinski definition) is 2. The van der Waals surface area contributed by atoms with Crippen molar-refractivity contribution >= 4 is 22.9 Å². The number of H-pyrrole nitrogens is 1. The largest absolute Gasteiger partial charge is 0.478 e. The number of aromatic nitrogens is 1. The van der Waals surface area contributed by atoms with E-state index in [2.05, 4.69) is 4.98 Å². The second-order valence-electron chi connectivity index (χ2n) is 5.98. The Balaban J connectivity index is 1.79. The van der Waals surface area contributed by atoms with Crippen LogP contribution < -0.4 is 4.74 Å². The molecule has 1 aliphatic rings. The Morgan fingerprint density at radius 2 is 1.81 bits per heavy atom. The van der Waals surface area contributed by atoms with Crippen molar-refractivity contribution < 1.29 is 27.8 Å². The standard InChI is InChI=1S/C19H12F3NO3/c20-19(21,22)17-14(18(24)25)8-13-7-11(3-4-16(13)26-17)12-2-1-10-5-6-23-15(10)9-12/h1-9,17,23H,(H,24,25). The SMILES string of the molecule is O=C(O)C1=Cc2cc(-c3ccc4cc[nH]c4c3)ccc2OC1C(F)(F)F. The van der Waals surface area contributed by atoms with Crippen molar-refractivity contribution in [2.24, 2.45) is 0 Å². The molecule has 0 bridgehead atoms. The summed E-state index contributed by atoms with van der Waals surface area (Å²) in [4.78, 5) is 14.3. The molecule has 4 nitrogen and oxygen atoms in total. The number of rotatable bonds is 2. The van der Waals surface area contributed by atoms with E-state index < -0.39 is 23.8 Å². The fourth-order valence-corrected chi connectivity index (χ4v) is 3.03. The Morgan fingerprint density at radius 1 is 1.08 bits per heavy atom. The highest BCUT2D eigenvalue weighted by Crippen LogP contribution is 2.39. The molecule has 1 unspecified atom stereocenters. The van der Waals surface area contributed by atoms with Crippen molar-refractivity contribution in [1.29, 1.82) is 0 Å². The number of hydrogen-bond acceptors (Lipinski definition) is 2. The van der Waals surface area contributed by atoms with Crippen LogP contribution >= 0.6 is 0 Å². The van der Waals surface area contributed by atoms with Gasteiger partial charge in [0, 0.05) is 17.3 Å². The van der Waals surface area contributed by atoms with Gasteiger partial charge in [-0.15, -0.1) is 0 Å². The topological polar surface area (TPSA) is 62.3 Å². The molecule has 0 spiro atoms. The van der Waals surface area contributed by atoms with E-state index in [4.69, 9.17) is 9.84 Å². The molecule has 1 aromatic heterocycles. The van der Waals surface area contributed by atoms with E-state index in [1.54, 1.807) is 12.1 Å². The molecule has 132 valence electrons. The lowest BCUT2D eigenvalue weighted by Crippen LogP contribution is -2.40. The predicted molar refractivity (Wildman–Crippen MR) is 89.8 cm³/mol. The first kappa shape index (κ1) is 16.3. The van der Waals surface area contributed by atoms with E-state index in [1.807, 2.05) is 30.5 Å². The number of carbonyl (C=O) groups is 1. The lowest BCUT2D eigenvalue weighted by Gasteiger charge is -2.27. The van der Waals surface area contributed by atoms with Crippen LogP contribution in [0.1, 0.15) is 5.56 Å². The predicted octanol–water partition coefficient (Wildman–Crippen LogP) is 4.63. The Hall–Kier alpha value is -3.22. The maximum absolute atomic E-state index is 13.1. The average molecular weight is 359 g/mol. The highest BCUT2D eigenvalue weighted by molar-refractivity contribution is 5.95. The van der Waals surface area contributed by atoms with Crippen molar-refractivity contribution in [2.75, 3.05) is 0 Å². The maximum Gasteiger partial charge on any atom is 0.430 e. The second-order valence-corrected chi connectivity index (χ2v) is 5.98. The molecule has 7 heteroatoms. The first-order valence-corrected chi connectivity index (χ1v) is 7.73. The Bertz CT molecular complexity index is 1050. The summed E-state index contributed by atoms with van der Waals surface area (Å²) in [5, 5.41) is 10.2. The zero-order valence-electron chi connectivity index (χ0n) is 13.2. The highest BCUT2D eigenvalue weighted by Gasteiger charge is 2.48. The number of ether oxygens (including phenoxy) is 1. The summed E-state index contributed by atoms with van der Waals surface area (Å²) in [6.07, 6.45) is -4.45. The minimum atomic E-state index is -4.81. The molecule has 0 amide bonds. The van der Waals surface area contributed by atoms with Gasteiger partial charge < -0.3 is 14.8 Å². The van der Waals surface area contributed by atoms with Gasteiger partial charge in [0.05, 0.1) is 5.57 Å². The number of carboxylic acids is 1. The van der Waals surface area contributed by atoms with Gasteiger partial charge in [-0.3, -0.25) is 0 Å². The van der Waals surface area contributed by atoms with E-state index in [0.29, 0.717) is 5.56 Å². The van der Waals surface area contributed by atoms with Gasteiger partial charge in [0.15, 0.2) is 0 Å². The first-order chi connectivity index (χ1) is 12.3. The van der Waals surface area contributed by atoms with Gasteiger partial charge >= 0.3 is 12.1 Å². The first-order valence-electron chi connectivity index (χ1n) is 7.73. The summed E-state index contributed by atoms with van der Waals surface area (Å²) in [5.74, 6) is -1.65. The Labute approximate surface area is 145 Å². The molecule has 26 heavy (non-hydrogen) atoms. The number of nitrogens with one attached hydrogen (secondary N) is 1. The number of carboxylic acid groups (broad SMARTS) is 1. The molecule has 0 radical (unpaired) electrons. The summed E-state index contributed by atoms with van der Waals surface area (Å²) in [7, 11) is 0. The van der Waals surface area contributed by atoms with Crippen molar-refractivity contribution in [2.45, 2.75) is 12.3 Å². The lowest BCUT2D eigenvalue weighted by atomic mass is 9.97. The Kier molecular flexibility index (Phi) is 3.54. The summed E-state index contributed by atoms with van der Waals surface area (Å²) in [6.45, 7) is 0. The number of benzene rings is 2. The van der Waals surface area contributed by atoms with Crippen molar-refractivity contribution in [3.8, 4) is 16.9 Å². The fraction of sp³-hybridized carbons (Fsp3) is 0.105. The monoisotopic (exact) mass is 359 g/mol. The number of fused-ring (bicyclic) bond motifs is 2. The third-order valence-electron chi connectivity index (χ3n) is 4.28. The fourth-order valence-electron chi connectivity index (χ4n) is 3.03. The zero-order valence-corrected chi connectivity index (χ0v) is 13.2. The van der Waals surface area contributed by atoms with Crippen molar-refractivity contribution in [3.05, 3.63) is 59.8 Å². The molecule has 0 saturated heterocycles. The van der Waals surface area contributed by atoms with Crippen LogP contribution in [0, 0.1) is 0 Å². The van der Waals surface area contributed by atoms with Gasteiger partial charge in [-0.1, -0.05) is 18.2 Å². The molecule has 1 atom stereocenters. The maximum atomic E-state index is 13.1. The molecule has 2 aromatic carbocycles. The molecule has 3 aromatic rings. The average Bonchev–Trinajstić information content (AvgIpc) is 3.07. The summed E-state index contributed by atoms with van der Waals surface area (Å²) >= 11 is 0. The molecule has 1 aliphatic heterocycles. The smallest absolute Gasteiger partial charge is 0.430 e. The molecular weight excluding hydrogens is 347 g/mol. The number of alkyl halides is 3. The van der Waals surface area contributed by atoms with Gasteiger partial charge in [-0.05, 0) is 46.9 Å². The van der Waals surface area contributed by atoms with E-state index in [-0.39, 0.29) is 5.75 Å². The van der Waals surface area contributed by atoms with Gasteiger partial charge in [0.25, 0.3) is 0 Å². The highest BCUT2D eigenvalue weighted by atomic mass is 19.4. The third-order valence-corrected chi connectivity index (χ3v) is 4.28. The van der Waals surface area contributed by atoms with Crippen LogP contribution in [-0.2, 0) is 4.79 Å². The summed E-state index contributed by atoms with van der Waals surface area (Å²) in [5.41, 5.74) is 1.99. The van der Waals surface area contributed by atoms with Crippen molar-refractivity contribution in [1.82, 2.24) is 4.98 Å². The molecule has 2 N–H and O–H groups in total. The molecule has 2 heterocycles. The molecule has 0 fully saturated rings. The zero-order chi connectivity index (χ0) is 18.5. The van der Waals surface area contributed by atoms with Crippen LogP contribution in [-0.4, -0.2) is 28.3 Å². The minimum absolute atomic E-state index is 0.00188. The molecular formula is C19H12F3NO3. The van der Waals surface area contributed by atoms with Gasteiger partial charge in [0.1, 0.15) is 5.75 Å². The lowest BCUT2D eigenvalue weighted by molar-refractivity contribution is -0.187. The van der Waals surface area contributed by atoms with Gasteiger partial charge in [0.2, 0.25) is 6.10 Å². The van der Waals surface area contributed by atoms with Crippen LogP contribution in [0.4, 0.5) is 13.2 Å². The number of aliphatic carboxylic acids is 1. The number of aromatic amines is 1. The second kappa shape index (κ2) is 5.66. The normalized spacial score (nSPS) is 16.7. The summed E-state index contributed by atoms with van der Waals surface area (Å²) in [6, 6.07) is 12.4. The summed E-state index contributed by atoms with van der Waals surface area (Å²) < 4.78 is 44.2. The molecule has 4 rings (SSSR count). The van der Waals surface area contributed by atoms with Crippen LogP contribution in [0.15, 0.2) is 54.2 Å². The van der Waals surface area contributed by atoms with Crippen LogP contribution in [0.2, 0.25) is 0 Å². The molecule has 0 aliphatic carbocycles. The van der Waals surface area contributed by atoms with E-state index in [1.165, 1.54) is 6.07 Å². The van der Waals surface area contributed by atoms with Gasteiger partial charge in [-0.25, -0.2) is 4.79 Å². The van der Waals surface area contributed by atoms with Crippen molar-refractivity contribution in [3.63, 3.8) is 0 Å². The molecule has 0 saturated carbocycles. The van der Waals surface area contributed by atoms with Gasteiger partial charge in [-0.2, -0.15) is 13.2 Å². The van der Waals surface area contributed by atoms with Crippen LogP contribution in [0.25, 0.3) is 28.1 Å². The van der Waals surface area contributed by atoms with E-state index >= 15 is 0 Å². The van der Waals surface area contributed by atoms with E-state index in [9.17, 15) is 18.0 Å².